The highest BCUT2D eigenvalue weighted by atomic mass is 16.3. The van der Waals surface area contributed by atoms with E-state index in [4.69, 9.17) is 5.11 Å². The van der Waals surface area contributed by atoms with Gasteiger partial charge in [-0.05, 0) is 18.9 Å². The molecule has 1 aromatic rings. The van der Waals surface area contributed by atoms with Gasteiger partial charge in [-0.2, -0.15) is 5.10 Å². The number of hydrogen-bond donors (Lipinski definition) is 2. The topological polar surface area (TPSA) is 69.2 Å². The van der Waals surface area contributed by atoms with Crippen molar-refractivity contribution in [3.8, 4) is 0 Å². The second kappa shape index (κ2) is 5.82. The Morgan fingerprint density at radius 2 is 2.24 bits per heavy atom. The summed E-state index contributed by atoms with van der Waals surface area (Å²) in [6.07, 6.45) is 7.25. The lowest BCUT2D eigenvalue weighted by Crippen LogP contribution is -2.43. The molecule has 1 fully saturated rings. The standard InChI is InChI=1S/C12H19N3O2/c16-9-8-15(10-4-2-1-3-5-10)12(17)11-6-7-13-14-11/h6-7,10,16H,1-5,8-9H2,(H,13,14). The fraction of sp³-hybridized carbons (Fsp3) is 0.667. The third kappa shape index (κ3) is 2.85. The summed E-state index contributed by atoms with van der Waals surface area (Å²) in [5.41, 5.74) is 0.504. The zero-order chi connectivity index (χ0) is 12.1. The van der Waals surface area contributed by atoms with Crippen LogP contribution in [0.3, 0.4) is 0 Å². The first-order valence-corrected chi connectivity index (χ1v) is 6.24. The number of aromatic nitrogens is 2. The van der Waals surface area contributed by atoms with Gasteiger partial charge in [0.05, 0.1) is 6.61 Å². The van der Waals surface area contributed by atoms with E-state index in [1.165, 1.54) is 19.3 Å². The third-order valence-corrected chi connectivity index (χ3v) is 3.35. The Hall–Kier alpha value is -1.36. The molecule has 0 unspecified atom stereocenters. The van der Waals surface area contributed by atoms with E-state index in [9.17, 15) is 4.79 Å². The van der Waals surface area contributed by atoms with Crippen LogP contribution in [0.1, 0.15) is 42.6 Å². The molecule has 0 bridgehead atoms. The fourth-order valence-corrected chi connectivity index (χ4v) is 2.48. The number of carbonyl (C=O) groups excluding carboxylic acids is 1. The van der Waals surface area contributed by atoms with Gasteiger partial charge in [-0.15, -0.1) is 0 Å². The summed E-state index contributed by atoms with van der Waals surface area (Å²) < 4.78 is 0. The van der Waals surface area contributed by atoms with Gasteiger partial charge in [0.15, 0.2) is 0 Å². The van der Waals surface area contributed by atoms with Crippen LogP contribution in [0, 0.1) is 0 Å². The first kappa shape index (κ1) is 12.1. The van der Waals surface area contributed by atoms with E-state index < -0.39 is 0 Å². The van der Waals surface area contributed by atoms with Crippen LogP contribution in [0.2, 0.25) is 0 Å². The predicted molar refractivity (Wildman–Crippen MR) is 63.6 cm³/mol. The molecule has 94 valence electrons. The Balaban J connectivity index is 2.07. The maximum Gasteiger partial charge on any atom is 0.272 e. The average Bonchev–Trinajstić information content (AvgIpc) is 2.90. The number of aromatic amines is 1. The van der Waals surface area contributed by atoms with Crippen LogP contribution >= 0.6 is 0 Å². The molecule has 0 aliphatic heterocycles. The van der Waals surface area contributed by atoms with Gasteiger partial charge in [0.25, 0.3) is 5.91 Å². The van der Waals surface area contributed by atoms with Crippen LogP contribution in [-0.4, -0.2) is 45.3 Å². The number of amides is 1. The van der Waals surface area contributed by atoms with Gasteiger partial charge < -0.3 is 10.0 Å². The molecule has 1 saturated carbocycles. The van der Waals surface area contributed by atoms with Crippen LogP contribution < -0.4 is 0 Å². The summed E-state index contributed by atoms with van der Waals surface area (Å²) >= 11 is 0. The van der Waals surface area contributed by atoms with Crippen molar-refractivity contribution in [2.75, 3.05) is 13.2 Å². The van der Waals surface area contributed by atoms with Crippen LogP contribution in [0.4, 0.5) is 0 Å². The van der Waals surface area contributed by atoms with Gasteiger partial charge in [-0.3, -0.25) is 9.89 Å². The highest BCUT2D eigenvalue weighted by Gasteiger charge is 2.26. The lowest BCUT2D eigenvalue weighted by atomic mass is 9.94. The molecule has 1 amide bonds. The molecule has 0 radical (unpaired) electrons. The Morgan fingerprint density at radius 3 is 2.82 bits per heavy atom. The first-order valence-electron chi connectivity index (χ1n) is 6.24. The first-order chi connectivity index (χ1) is 8.33. The highest BCUT2D eigenvalue weighted by Crippen LogP contribution is 2.23. The van der Waals surface area contributed by atoms with E-state index >= 15 is 0 Å². The van der Waals surface area contributed by atoms with Crippen molar-refractivity contribution in [2.24, 2.45) is 0 Å². The highest BCUT2D eigenvalue weighted by molar-refractivity contribution is 5.92. The van der Waals surface area contributed by atoms with Gasteiger partial charge in [0.2, 0.25) is 0 Å². The van der Waals surface area contributed by atoms with E-state index in [1.54, 1.807) is 17.2 Å². The molecule has 5 nitrogen and oxygen atoms in total. The van der Waals surface area contributed by atoms with E-state index in [0.717, 1.165) is 12.8 Å². The van der Waals surface area contributed by atoms with Crippen molar-refractivity contribution >= 4 is 5.91 Å². The maximum atomic E-state index is 12.2. The number of aliphatic hydroxyl groups excluding tert-OH is 1. The molecule has 0 saturated heterocycles. The number of rotatable bonds is 4. The molecule has 2 N–H and O–H groups in total. The van der Waals surface area contributed by atoms with E-state index in [1.807, 2.05) is 0 Å². The Bertz CT molecular complexity index is 345. The lowest BCUT2D eigenvalue weighted by molar-refractivity contribution is 0.0579. The zero-order valence-electron chi connectivity index (χ0n) is 9.93. The van der Waals surface area contributed by atoms with Crippen molar-refractivity contribution in [2.45, 2.75) is 38.1 Å². The molecule has 1 aromatic heterocycles. The van der Waals surface area contributed by atoms with Gasteiger partial charge in [-0.25, -0.2) is 0 Å². The minimum atomic E-state index is -0.0524. The van der Waals surface area contributed by atoms with Gasteiger partial charge in [-0.1, -0.05) is 19.3 Å². The summed E-state index contributed by atoms with van der Waals surface area (Å²) in [6, 6.07) is 1.95. The average molecular weight is 237 g/mol. The summed E-state index contributed by atoms with van der Waals surface area (Å²) in [7, 11) is 0. The minimum absolute atomic E-state index is 0.0103. The normalized spacial score (nSPS) is 17.0. The molecule has 2 rings (SSSR count). The molecular weight excluding hydrogens is 218 g/mol. The minimum Gasteiger partial charge on any atom is -0.395 e. The number of H-pyrrole nitrogens is 1. The van der Waals surface area contributed by atoms with Crippen molar-refractivity contribution in [1.82, 2.24) is 15.1 Å². The molecule has 5 heteroatoms. The lowest BCUT2D eigenvalue weighted by Gasteiger charge is -2.33. The fourth-order valence-electron chi connectivity index (χ4n) is 2.48. The molecule has 1 heterocycles. The second-order valence-electron chi connectivity index (χ2n) is 4.48. The molecule has 0 aromatic carbocycles. The monoisotopic (exact) mass is 237 g/mol. The maximum absolute atomic E-state index is 12.2. The van der Waals surface area contributed by atoms with Crippen molar-refractivity contribution in [1.29, 1.82) is 0 Å². The summed E-state index contributed by atoms with van der Waals surface area (Å²) in [5, 5.41) is 15.6. The zero-order valence-corrected chi connectivity index (χ0v) is 9.93. The van der Waals surface area contributed by atoms with Crippen LogP contribution in [0.5, 0.6) is 0 Å². The number of nitrogens with one attached hydrogen (secondary N) is 1. The largest absolute Gasteiger partial charge is 0.395 e. The summed E-state index contributed by atoms with van der Waals surface area (Å²) in [6.45, 7) is 0.416. The van der Waals surface area contributed by atoms with Crippen LogP contribution in [0.15, 0.2) is 12.3 Å². The second-order valence-corrected chi connectivity index (χ2v) is 4.48. The molecule has 1 aliphatic carbocycles. The number of nitrogens with zero attached hydrogens (tertiary/aromatic N) is 2. The van der Waals surface area contributed by atoms with Gasteiger partial charge in [0, 0.05) is 18.8 Å². The predicted octanol–water partition coefficient (Wildman–Crippen LogP) is 1.18. The molecule has 1 aliphatic rings. The number of aliphatic hydroxyl groups is 1. The number of hydrogen-bond acceptors (Lipinski definition) is 3. The van der Waals surface area contributed by atoms with Gasteiger partial charge in [0.1, 0.15) is 5.69 Å². The van der Waals surface area contributed by atoms with Crippen LogP contribution in [-0.2, 0) is 0 Å². The summed E-state index contributed by atoms with van der Waals surface area (Å²) in [5.74, 6) is -0.0524. The van der Waals surface area contributed by atoms with Crippen LogP contribution in [0.25, 0.3) is 0 Å². The van der Waals surface area contributed by atoms with Crippen molar-refractivity contribution in [3.63, 3.8) is 0 Å². The van der Waals surface area contributed by atoms with Crippen molar-refractivity contribution < 1.29 is 9.90 Å². The Labute approximate surface area is 101 Å². The smallest absolute Gasteiger partial charge is 0.272 e. The van der Waals surface area contributed by atoms with E-state index in [2.05, 4.69) is 10.2 Å². The van der Waals surface area contributed by atoms with Crippen molar-refractivity contribution in [3.05, 3.63) is 18.0 Å². The number of carbonyl (C=O) groups is 1. The molecule has 0 atom stereocenters. The van der Waals surface area contributed by atoms with Gasteiger partial charge >= 0.3 is 0 Å². The third-order valence-electron chi connectivity index (χ3n) is 3.35. The van der Waals surface area contributed by atoms with E-state index in [-0.39, 0.29) is 18.6 Å². The molecule has 17 heavy (non-hydrogen) atoms. The Morgan fingerprint density at radius 1 is 1.47 bits per heavy atom. The Kier molecular flexibility index (Phi) is 4.14. The quantitative estimate of drug-likeness (QED) is 0.826. The molecular formula is C12H19N3O2. The summed E-state index contributed by atoms with van der Waals surface area (Å²) in [4.78, 5) is 14.0. The SMILES string of the molecule is O=C(c1ccn[nH]1)N(CCO)C1CCCCC1. The molecule has 0 spiro atoms. The van der Waals surface area contributed by atoms with E-state index in [0.29, 0.717) is 12.2 Å².